The molecule has 2 aromatic carbocycles. The van der Waals surface area contributed by atoms with Gasteiger partial charge in [-0.25, -0.2) is 9.59 Å². The van der Waals surface area contributed by atoms with Gasteiger partial charge in [0.2, 0.25) is 5.75 Å². The fourth-order valence-corrected chi connectivity index (χ4v) is 3.43. The third kappa shape index (κ3) is 1.64. The molecule has 0 spiro atoms. The predicted octanol–water partition coefficient (Wildman–Crippen LogP) is 2.90. The maximum Gasteiger partial charge on any atom is 0.347 e. The molecular formula is C18H12O7. The Kier molecular flexibility index (Phi) is 2.51. The lowest BCUT2D eigenvalue weighted by atomic mass is 9.99. The van der Waals surface area contributed by atoms with Crippen molar-refractivity contribution in [1.82, 2.24) is 0 Å². The fourth-order valence-electron chi connectivity index (χ4n) is 3.43. The maximum atomic E-state index is 12.7. The summed E-state index contributed by atoms with van der Waals surface area (Å²) in [5.41, 5.74) is 2.75. The largest absolute Gasteiger partial charge is 0.504 e. The zero-order valence-electron chi connectivity index (χ0n) is 13.4. The number of phenolic OH excluding ortho intramolecular Hbond substituents is 1. The van der Waals surface area contributed by atoms with E-state index >= 15 is 0 Å². The molecule has 0 atom stereocenters. The summed E-state index contributed by atoms with van der Waals surface area (Å²) in [6.07, 6.45) is 0. The number of hydrogen-bond donors (Lipinski definition) is 1. The molecule has 25 heavy (non-hydrogen) atoms. The summed E-state index contributed by atoms with van der Waals surface area (Å²) in [5, 5.41) is 10.6. The van der Waals surface area contributed by atoms with Crippen LogP contribution in [0.15, 0.2) is 6.07 Å². The number of cyclic esters (lactones) is 1. The van der Waals surface area contributed by atoms with Crippen LogP contribution in [0.2, 0.25) is 0 Å². The highest BCUT2D eigenvalue weighted by molar-refractivity contribution is 6.02. The Balaban J connectivity index is 1.82. The van der Waals surface area contributed by atoms with Gasteiger partial charge < -0.3 is 24.1 Å². The zero-order chi connectivity index (χ0) is 17.5. The molecule has 3 heterocycles. The van der Waals surface area contributed by atoms with Crippen molar-refractivity contribution in [2.24, 2.45) is 0 Å². The predicted molar refractivity (Wildman–Crippen MR) is 82.5 cm³/mol. The minimum absolute atomic E-state index is 0.0214. The fraction of sp³-hybridized carbons (Fsp3) is 0.222. The van der Waals surface area contributed by atoms with Crippen LogP contribution in [-0.2, 0) is 18.0 Å². The Bertz CT molecular complexity index is 1020. The van der Waals surface area contributed by atoms with Gasteiger partial charge in [0.1, 0.15) is 30.1 Å². The molecule has 7 heteroatoms. The van der Waals surface area contributed by atoms with E-state index in [2.05, 4.69) is 0 Å². The van der Waals surface area contributed by atoms with Crippen molar-refractivity contribution in [2.75, 3.05) is 0 Å². The van der Waals surface area contributed by atoms with Crippen molar-refractivity contribution < 1.29 is 33.6 Å². The number of benzene rings is 2. The molecular weight excluding hydrogens is 328 g/mol. The first-order valence-electron chi connectivity index (χ1n) is 7.72. The number of phenols is 1. The molecule has 0 bridgehead atoms. The van der Waals surface area contributed by atoms with Gasteiger partial charge in [-0.15, -0.1) is 0 Å². The summed E-state index contributed by atoms with van der Waals surface area (Å²) < 4.78 is 21.8. The molecule has 0 unspecified atom stereocenters. The topological polar surface area (TPSA) is 91.3 Å². The Labute approximate surface area is 141 Å². The summed E-state index contributed by atoms with van der Waals surface area (Å²) in [5.74, 6) is -0.609. The van der Waals surface area contributed by atoms with Gasteiger partial charge in [0.15, 0.2) is 17.2 Å². The molecule has 1 N–H and O–H groups in total. The standard InChI is InChI=1S/C18H12O7/c1-6-3-10-9(5-22-10)15-11(6)18(21)25-14-7(2)8-4-23-17(20)12(8)13(19)16(14)24-15/h3,19H,4-5H2,1-2H3. The Hall–Kier alpha value is -3.22. The minimum Gasteiger partial charge on any atom is -0.504 e. The molecule has 3 aliphatic heterocycles. The molecule has 3 aliphatic rings. The Morgan fingerprint density at radius 2 is 1.64 bits per heavy atom. The molecule has 5 rings (SSSR count). The van der Waals surface area contributed by atoms with Crippen LogP contribution in [-0.4, -0.2) is 17.0 Å². The molecule has 0 saturated carbocycles. The lowest BCUT2D eigenvalue weighted by Crippen LogP contribution is -2.16. The van der Waals surface area contributed by atoms with Crippen molar-refractivity contribution >= 4 is 11.9 Å². The van der Waals surface area contributed by atoms with Gasteiger partial charge in [0.25, 0.3) is 0 Å². The van der Waals surface area contributed by atoms with E-state index < -0.39 is 11.9 Å². The van der Waals surface area contributed by atoms with E-state index in [1.807, 2.05) is 0 Å². The second kappa shape index (κ2) is 4.44. The number of carbonyl (C=O) groups excluding carboxylic acids is 2. The molecule has 126 valence electrons. The van der Waals surface area contributed by atoms with Gasteiger partial charge in [-0.3, -0.25) is 0 Å². The number of esters is 2. The number of carbonyl (C=O) groups is 2. The Morgan fingerprint density at radius 1 is 0.880 bits per heavy atom. The lowest BCUT2D eigenvalue weighted by Gasteiger charge is -2.25. The van der Waals surface area contributed by atoms with Gasteiger partial charge in [-0.2, -0.15) is 0 Å². The van der Waals surface area contributed by atoms with E-state index in [9.17, 15) is 14.7 Å². The van der Waals surface area contributed by atoms with Crippen LogP contribution in [0.1, 0.15) is 43.0 Å². The number of ether oxygens (including phenoxy) is 4. The SMILES string of the molecule is Cc1cc2c(c3c1C(=O)Oc1c(C)c4c(c(O)c1O3)C(=O)OC4)CO2. The molecule has 0 radical (unpaired) electrons. The van der Waals surface area contributed by atoms with Crippen LogP contribution in [0.5, 0.6) is 28.7 Å². The van der Waals surface area contributed by atoms with Crippen molar-refractivity contribution in [2.45, 2.75) is 27.1 Å². The highest BCUT2D eigenvalue weighted by atomic mass is 16.6. The highest BCUT2D eigenvalue weighted by Gasteiger charge is 2.39. The van der Waals surface area contributed by atoms with Crippen LogP contribution in [0.4, 0.5) is 0 Å². The molecule has 0 amide bonds. The lowest BCUT2D eigenvalue weighted by molar-refractivity contribution is 0.0532. The first kappa shape index (κ1) is 14.2. The third-order valence-corrected chi connectivity index (χ3v) is 4.82. The minimum atomic E-state index is -0.627. The summed E-state index contributed by atoms with van der Waals surface area (Å²) in [4.78, 5) is 24.6. The first-order chi connectivity index (χ1) is 12.0. The Morgan fingerprint density at radius 3 is 2.36 bits per heavy atom. The summed E-state index contributed by atoms with van der Waals surface area (Å²) in [7, 11) is 0. The van der Waals surface area contributed by atoms with Crippen LogP contribution >= 0.6 is 0 Å². The van der Waals surface area contributed by atoms with E-state index in [-0.39, 0.29) is 29.4 Å². The van der Waals surface area contributed by atoms with Crippen molar-refractivity contribution in [3.63, 3.8) is 0 Å². The van der Waals surface area contributed by atoms with Crippen LogP contribution in [0.3, 0.4) is 0 Å². The molecule has 0 saturated heterocycles. The zero-order valence-corrected chi connectivity index (χ0v) is 13.4. The number of rotatable bonds is 0. The van der Waals surface area contributed by atoms with E-state index in [0.29, 0.717) is 40.4 Å². The van der Waals surface area contributed by atoms with Crippen LogP contribution in [0.25, 0.3) is 0 Å². The van der Waals surface area contributed by atoms with E-state index in [1.165, 1.54) is 0 Å². The van der Waals surface area contributed by atoms with Crippen molar-refractivity contribution in [3.8, 4) is 28.7 Å². The van der Waals surface area contributed by atoms with Crippen molar-refractivity contribution in [1.29, 1.82) is 0 Å². The molecule has 7 nitrogen and oxygen atoms in total. The van der Waals surface area contributed by atoms with E-state index in [1.54, 1.807) is 19.9 Å². The van der Waals surface area contributed by atoms with E-state index in [4.69, 9.17) is 18.9 Å². The smallest absolute Gasteiger partial charge is 0.347 e. The molecule has 2 aromatic rings. The molecule has 0 aliphatic carbocycles. The first-order valence-corrected chi connectivity index (χ1v) is 7.72. The summed E-state index contributed by atoms with van der Waals surface area (Å²) in [6, 6.07) is 1.75. The quantitative estimate of drug-likeness (QED) is 0.582. The average molecular weight is 340 g/mol. The third-order valence-electron chi connectivity index (χ3n) is 4.82. The molecule has 0 fully saturated rings. The maximum absolute atomic E-state index is 12.7. The number of aromatic hydroxyl groups is 1. The number of hydrogen-bond acceptors (Lipinski definition) is 7. The van der Waals surface area contributed by atoms with Crippen molar-refractivity contribution in [3.05, 3.63) is 39.4 Å². The monoisotopic (exact) mass is 340 g/mol. The second-order valence-electron chi connectivity index (χ2n) is 6.22. The average Bonchev–Trinajstić information content (AvgIpc) is 2.85. The van der Waals surface area contributed by atoms with Crippen LogP contribution in [0, 0.1) is 13.8 Å². The normalized spacial score (nSPS) is 16.1. The number of aryl methyl sites for hydroxylation is 1. The van der Waals surface area contributed by atoms with E-state index in [0.717, 1.165) is 5.56 Å². The van der Waals surface area contributed by atoms with Gasteiger partial charge in [0.05, 0.1) is 5.56 Å². The van der Waals surface area contributed by atoms with Gasteiger partial charge >= 0.3 is 11.9 Å². The summed E-state index contributed by atoms with van der Waals surface area (Å²) >= 11 is 0. The van der Waals surface area contributed by atoms with Gasteiger partial charge in [0, 0.05) is 11.1 Å². The summed E-state index contributed by atoms with van der Waals surface area (Å²) in [6.45, 7) is 3.77. The molecule has 0 aromatic heterocycles. The highest BCUT2D eigenvalue weighted by Crippen LogP contribution is 2.53. The van der Waals surface area contributed by atoms with Crippen LogP contribution < -0.4 is 14.2 Å². The van der Waals surface area contributed by atoms with Gasteiger partial charge in [-0.05, 0) is 25.5 Å². The number of fused-ring (bicyclic) bond motifs is 5. The van der Waals surface area contributed by atoms with Gasteiger partial charge in [-0.1, -0.05) is 0 Å². The second-order valence-corrected chi connectivity index (χ2v) is 6.22.